The molecule has 1 aromatic rings. The lowest BCUT2D eigenvalue weighted by atomic mass is 10.2. The first-order valence-corrected chi connectivity index (χ1v) is 6.83. The second-order valence-electron chi connectivity index (χ2n) is 4.30. The van der Waals surface area contributed by atoms with Crippen molar-refractivity contribution in [3.63, 3.8) is 0 Å². The van der Waals surface area contributed by atoms with E-state index in [1.54, 1.807) is 11.3 Å². The van der Waals surface area contributed by atoms with Gasteiger partial charge in [0.2, 0.25) is 0 Å². The zero-order valence-electron chi connectivity index (χ0n) is 9.32. The average Bonchev–Trinajstić information content (AvgIpc) is 3.01. The largest absolute Gasteiger partial charge is 0.378 e. The van der Waals surface area contributed by atoms with Crippen LogP contribution in [0.1, 0.15) is 24.6 Å². The highest BCUT2D eigenvalue weighted by Crippen LogP contribution is 2.28. The zero-order valence-corrected chi connectivity index (χ0v) is 10.1. The Bertz CT molecular complexity index is 343. The molecule has 1 aromatic heterocycles. The summed E-state index contributed by atoms with van der Waals surface area (Å²) in [5, 5.41) is 6.85. The van der Waals surface area contributed by atoms with Crippen LogP contribution < -0.4 is 10.2 Å². The van der Waals surface area contributed by atoms with Gasteiger partial charge >= 0.3 is 0 Å². The van der Waals surface area contributed by atoms with Crippen LogP contribution in [0, 0.1) is 0 Å². The number of thiazole rings is 1. The smallest absolute Gasteiger partial charge is 0.185 e. The molecule has 1 atom stereocenters. The van der Waals surface area contributed by atoms with Gasteiger partial charge in [-0.15, -0.1) is 11.3 Å². The molecule has 3 heterocycles. The molecule has 5 heteroatoms. The van der Waals surface area contributed by atoms with Gasteiger partial charge in [-0.1, -0.05) is 0 Å². The molecule has 2 aliphatic heterocycles. The molecule has 4 nitrogen and oxygen atoms in total. The van der Waals surface area contributed by atoms with Gasteiger partial charge in [-0.3, -0.25) is 0 Å². The van der Waals surface area contributed by atoms with E-state index in [4.69, 9.17) is 9.72 Å². The molecule has 0 bridgehead atoms. The van der Waals surface area contributed by atoms with E-state index in [0.29, 0.717) is 6.04 Å². The maximum Gasteiger partial charge on any atom is 0.185 e. The summed E-state index contributed by atoms with van der Waals surface area (Å²) in [4.78, 5) is 7.07. The molecule has 0 saturated carbocycles. The van der Waals surface area contributed by atoms with Crippen LogP contribution in [0.4, 0.5) is 5.13 Å². The standard InChI is InChI=1S/C11H17N3OS/c1-2-9(12-3-1)10-8-16-11(13-10)14-4-6-15-7-5-14/h8-9,12H,1-7H2/t9-/m0/s1. The molecule has 0 unspecified atom stereocenters. The monoisotopic (exact) mass is 239 g/mol. The number of nitrogens with one attached hydrogen (secondary N) is 1. The number of hydrogen-bond donors (Lipinski definition) is 1. The first-order chi connectivity index (χ1) is 7.93. The van der Waals surface area contributed by atoms with Gasteiger partial charge in [0.1, 0.15) is 0 Å². The third-order valence-corrected chi connectivity index (χ3v) is 4.13. The Kier molecular flexibility index (Phi) is 3.08. The molecule has 2 aliphatic rings. The molecular weight excluding hydrogens is 222 g/mol. The van der Waals surface area contributed by atoms with Gasteiger partial charge in [0.25, 0.3) is 0 Å². The fourth-order valence-corrected chi connectivity index (χ4v) is 3.21. The summed E-state index contributed by atoms with van der Waals surface area (Å²) in [6.45, 7) is 4.75. The van der Waals surface area contributed by atoms with Gasteiger partial charge < -0.3 is 15.0 Å². The molecular formula is C11H17N3OS. The van der Waals surface area contributed by atoms with Crippen LogP contribution in [0.3, 0.4) is 0 Å². The average molecular weight is 239 g/mol. The van der Waals surface area contributed by atoms with Crippen LogP contribution in [0.25, 0.3) is 0 Å². The Morgan fingerprint density at radius 2 is 2.31 bits per heavy atom. The minimum Gasteiger partial charge on any atom is -0.378 e. The molecule has 2 fully saturated rings. The second kappa shape index (κ2) is 4.69. The minimum atomic E-state index is 0.492. The van der Waals surface area contributed by atoms with Gasteiger partial charge in [0.15, 0.2) is 5.13 Å². The third kappa shape index (κ3) is 2.07. The highest BCUT2D eigenvalue weighted by atomic mass is 32.1. The number of rotatable bonds is 2. The molecule has 0 spiro atoms. The molecule has 0 aromatic carbocycles. The highest BCUT2D eigenvalue weighted by Gasteiger charge is 2.21. The van der Waals surface area contributed by atoms with Crippen LogP contribution in [0.5, 0.6) is 0 Å². The predicted molar refractivity (Wildman–Crippen MR) is 65.1 cm³/mol. The molecule has 1 N–H and O–H groups in total. The fraction of sp³-hybridized carbons (Fsp3) is 0.727. The van der Waals surface area contributed by atoms with Crippen molar-refractivity contribution in [1.29, 1.82) is 0 Å². The lowest BCUT2D eigenvalue weighted by molar-refractivity contribution is 0.122. The minimum absolute atomic E-state index is 0.492. The van der Waals surface area contributed by atoms with Gasteiger partial charge in [0, 0.05) is 18.5 Å². The summed E-state index contributed by atoms with van der Waals surface area (Å²) in [5.41, 5.74) is 1.23. The highest BCUT2D eigenvalue weighted by molar-refractivity contribution is 7.13. The van der Waals surface area contributed by atoms with Crippen LogP contribution in [-0.2, 0) is 4.74 Å². The van der Waals surface area contributed by atoms with Crippen LogP contribution in [0.15, 0.2) is 5.38 Å². The van der Waals surface area contributed by atoms with Crippen molar-refractivity contribution in [2.45, 2.75) is 18.9 Å². The third-order valence-electron chi connectivity index (χ3n) is 3.21. The van der Waals surface area contributed by atoms with Crippen molar-refractivity contribution in [1.82, 2.24) is 10.3 Å². The molecule has 2 saturated heterocycles. The van der Waals surface area contributed by atoms with Gasteiger partial charge in [-0.25, -0.2) is 4.98 Å². The Hall–Kier alpha value is -0.650. The van der Waals surface area contributed by atoms with Gasteiger partial charge in [-0.2, -0.15) is 0 Å². The second-order valence-corrected chi connectivity index (χ2v) is 5.14. The quantitative estimate of drug-likeness (QED) is 0.846. The predicted octanol–water partition coefficient (Wildman–Crippen LogP) is 1.40. The van der Waals surface area contributed by atoms with E-state index >= 15 is 0 Å². The molecule has 0 aliphatic carbocycles. The van der Waals surface area contributed by atoms with E-state index < -0.39 is 0 Å². The molecule has 88 valence electrons. The first-order valence-electron chi connectivity index (χ1n) is 5.95. The summed E-state index contributed by atoms with van der Waals surface area (Å²) in [5.74, 6) is 0. The maximum absolute atomic E-state index is 5.35. The van der Waals surface area contributed by atoms with Crippen LogP contribution in [0.2, 0.25) is 0 Å². The summed E-state index contributed by atoms with van der Waals surface area (Å²) < 4.78 is 5.35. The van der Waals surface area contributed by atoms with E-state index in [0.717, 1.165) is 38.0 Å². The van der Waals surface area contributed by atoms with Gasteiger partial charge in [0.05, 0.1) is 24.9 Å². The molecule has 3 rings (SSSR count). The Morgan fingerprint density at radius 3 is 3.06 bits per heavy atom. The number of morpholine rings is 1. The van der Waals surface area contributed by atoms with Crippen LogP contribution >= 0.6 is 11.3 Å². The first kappa shape index (κ1) is 10.5. The SMILES string of the molecule is c1sc(N2CCOCC2)nc1[C@@H]1CCCN1. The number of aromatic nitrogens is 1. The number of ether oxygens (including phenoxy) is 1. The van der Waals surface area contributed by atoms with Gasteiger partial charge in [-0.05, 0) is 19.4 Å². The topological polar surface area (TPSA) is 37.4 Å². The summed E-state index contributed by atoms with van der Waals surface area (Å²) in [6.07, 6.45) is 2.50. The van der Waals surface area contributed by atoms with E-state index in [9.17, 15) is 0 Å². The lowest BCUT2D eigenvalue weighted by Crippen LogP contribution is -2.36. The lowest BCUT2D eigenvalue weighted by Gasteiger charge is -2.26. The number of hydrogen-bond acceptors (Lipinski definition) is 5. The van der Waals surface area contributed by atoms with E-state index in [2.05, 4.69) is 15.6 Å². The van der Waals surface area contributed by atoms with Crippen molar-refractivity contribution in [2.75, 3.05) is 37.7 Å². The Labute approximate surface area is 99.6 Å². The molecule has 0 amide bonds. The van der Waals surface area contributed by atoms with Crippen LogP contribution in [-0.4, -0.2) is 37.8 Å². The van der Waals surface area contributed by atoms with Crippen molar-refractivity contribution >= 4 is 16.5 Å². The molecule has 16 heavy (non-hydrogen) atoms. The fourth-order valence-electron chi connectivity index (χ4n) is 2.27. The molecule has 0 radical (unpaired) electrons. The van der Waals surface area contributed by atoms with E-state index in [1.807, 2.05) is 0 Å². The van der Waals surface area contributed by atoms with Crippen molar-refractivity contribution < 1.29 is 4.74 Å². The normalized spacial score (nSPS) is 26.2. The number of anilines is 1. The summed E-state index contributed by atoms with van der Waals surface area (Å²) in [7, 11) is 0. The maximum atomic E-state index is 5.35. The zero-order chi connectivity index (χ0) is 10.8. The Morgan fingerprint density at radius 1 is 1.44 bits per heavy atom. The Balaban J connectivity index is 1.71. The summed E-state index contributed by atoms with van der Waals surface area (Å²) >= 11 is 1.76. The van der Waals surface area contributed by atoms with E-state index in [-0.39, 0.29) is 0 Å². The summed E-state index contributed by atoms with van der Waals surface area (Å²) in [6, 6.07) is 0.492. The van der Waals surface area contributed by atoms with Crippen molar-refractivity contribution in [3.8, 4) is 0 Å². The van der Waals surface area contributed by atoms with Crippen molar-refractivity contribution in [2.24, 2.45) is 0 Å². The van der Waals surface area contributed by atoms with Crippen molar-refractivity contribution in [3.05, 3.63) is 11.1 Å². The number of nitrogens with zero attached hydrogens (tertiary/aromatic N) is 2. The van der Waals surface area contributed by atoms with E-state index in [1.165, 1.54) is 18.5 Å².